The highest BCUT2D eigenvalue weighted by Crippen LogP contribution is 2.29. The summed E-state index contributed by atoms with van der Waals surface area (Å²) in [7, 11) is 0. The first kappa shape index (κ1) is 24.3. The first-order valence-corrected chi connectivity index (χ1v) is 12.6. The monoisotopic (exact) mass is 462 g/mol. The summed E-state index contributed by atoms with van der Waals surface area (Å²) >= 11 is 0. The van der Waals surface area contributed by atoms with Crippen molar-refractivity contribution in [3.05, 3.63) is 58.7 Å². The second-order valence-corrected chi connectivity index (χ2v) is 9.64. The molecule has 2 aromatic heterocycles. The quantitative estimate of drug-likeness (QED) is 0.652. The minimum absolute atomic E-state index is 0.254. The molecule has 1 fully saturated rings. The molecule has 3 heterocycles. The van der Waals surface area contributed by atoms with E-state index in [0.717, 1.165) is 56.2 Å². The minimum Gasteiger partial charge on any atom is -0.384 e. The lowest BCUT2D eigenvalue weighted by Gasteiger charge is -2.41. The Morgan fingerprint density at radius 3 is 2.44 bits per heavy atom. The fraction of sp³-hybridized carbons (Fsp3) is 0.556. The van der Waals surface area contributed by atoms with E-state index < -0.39 is 5.60 Å². The van der Waals surface area contributed by atoms with Gasteiger partial charge in [0.25, 0.3) is 0 Å². The lowest BCUT2D eigenvalue weighted by atomic mass is 9.94. The molecule has 34 heavy (non-hydrogen) atoms. The molecule has 4 rings (SSSR count). The molecule has 7 nitrogen and oxygen atoms in total. The molecule has 0 aromatic carbocycles. The Bertz CT molecular complexity index is 1060. The lowest BCUT2D eigenvalue weighted by molar-refractivity contribution is 0.0236. The summed E-state index contributed by atoms with van der Waals surface area (Å²) in [5.41, 5.74) is 4.60. The van der Waals surface area contributed by atoms with Gasteiger partial charge < -0.3 is 14.9 Å². The van der Waals surface area contributed by atoms with Crippen molar-refractivity contribution in [1.29, 1.82) is 0 Å². The first-order chi connectivity index (χ1) is 16.4. The maximum atomic E-state index is 10.7. The van der Waals surface area contributed by atoms with E-state index in [2.05, 4.69) is 69.0 Å². The van der Waals surface area contributed by atoms with Crippen LogP contribution in [0.2, 0.25) is 0 Å². The zero-order valence-corrected chi connectivity index (χ0v) is 21.3. The van der Waals surface area contributed by atoms with Crippen LogP contribution in [0, 0.1) is 13.8 Å². The van der Waals surface area contributed by atoms with Gasteiger partial charge in [-0.2, -0.15) is 5.10 Å². The molecule has 1 aliphatic carbocycles. The van der Waals surface area contributed by atoms with Crippen molar-refractivity contribution in [1.82, 2.24) is 20.2 Å². The van der Waals surface area contributed by atoms with Crippen LogP contribution in [0.3, 0.4) is 0 Å². The third kappa shape index (κ3) is 4.85. The molecule has 7 heteroatoms. The number of allylic oxidation sites excluding steroid dienone is 4. The van der Waals surface area contributed by atoms with E-state index in [0.29, 0.717) is 18.5 Å². The van der Waals surface area contributed by atoms with E-state index in [9.17, 15) is 5.11 Å². The summed E-state index contributed by atoms with van der Waals surface area (Å²) < 4.78 is 0. The first-order valence-electron chi connectivity index (χ1n) is 12.6. The predicted molar refractivity (Wildman–Crippen MR) is 137 cm³/mol. The van der Waals surface area contributed by atoms with Crippen LogP contribution < -0.4 is 9.80 Å². The molecule has 1 aliphatic heterocycles. The summed E-state index contributed by atoms with van der Waals surface area (Å²) in [6.45, 7) is 13.0. The molecule has 1 saturated heterocycles. The van der Waals surface area contributed by atoms with E-state index in [1.807, 2.05) is 13.8 Å². The maximum absolute atomic E-state index is 10.7. The smallest absolute Gasteiger partial charge is 0.154 e. The van der Waals surface area contributed by atoms with E-state index in [-0.39, 0.29) is 6.04 Å². The molecule has 0 unspecified atom stereocenters. The standard InChI is InChI=1S/C27H38N6O/c1-6-27(34,7-2)24-16-29-25(17-28-24)33-14-13-32(18-19(33)3)26-21(5)20(4)23(30-31-26)15-22-11-9-8-10-12-22/h9,11-12,16-17,19,34H,6-8,10,13-15,18H2,1-5H3/t19-/m1/s1. The number of aromatic nitrogens is 4. The molecular formula is C27H38N6O. The Morgan fingerprint density at radius 1 is 1.03 bits per heavy atom. The molecule has 0 saturated carbocycles. The van der Waals surface area contributed by atoms with Crippen LogP contribution in [0.1, 0.15) is 69.0 Å². The molecule has 2 aliphatic rings. The number of piperazine rings is 1. The average Bonchev–Trinajstić information content (AvgIpc) is 2.87. The van der Waals surface area contributed by atoms with Gasteiger partial charge in [-0.25, -0.2) is 4.98 Å². The van der Waals surface area contributed by atoms with E-state index in [1.165, 1.54) is 16.7 Å². The van der Waals surface area contributed by atoms with Crippen molar-refractivity contribution >= 4 is 11.6 Å². The normalized spacial score (nSPS) is 18.9. The second-order valence-electron chi connectivity index (χ2n) is 9.64. The van der Waals surface area contributed by atoms with Gasteiger partial charge in [0.05, 0.1) is 23.8 Å². The molecule has 0 amide bonds. The van der Waals surface area contributed by atoms with Crippen LogP contribution in [-0.4, -0.2) is 50.9 Å². The average molecular weight is 463 g/mol. The number of aliphatic hydroxyl groups is 1. The van der Waals surface area contributed by atoms with Gasteiger partial charge in [0.15, 0.2) is 5.82 Å². The fourth-order valence-electron chi connectivity index (χ4n) is 4.91. The van der Waals surface area contributed by atoms with Gasteiger partial charge in [-0.3, -0.25) is 4.98 Å². The Hall–Kier alpha value is -2.80. The van der Waals surface area contributed by atoms with Gasteiger partial charge in [-0.15, -0.1) is 5.10 Å². The van der Waals surface area contributed by atoms with Crippen molar-refractivity contribution in [3.63, 3.8) is 0 Å². The minimum atomic E-state index is -0.903. The van der Waals surface area contributed by atoms with Gasteiger partial charge in [0, 0.05) is 32.1 Å². The lowest BCUT2D eigenvalue weighted by Crippen LogP contribution is -2.53. The zero-order valence-electron chi connectivity index (χ0n) is 21.3. The number of nitrogens with zero attached hydrogens (tertiary/aromatic N) is 6. The third-order valence-corrected chi connectivity index (χ3v) is 7.55. The fourth-order valence-corrected chi connectivity index (χ4v) is 4.91. The highest BCUT2D eigenvalue weighted by atomic mass is 16.3. The van der Waals surface area contributed by atoms with E-state index in [4.69, 9.17) is 0 Å². The van der Waals surface area contributed by atoms with Crippen LogP contribution in [0.5, 0.6) is 0 Å². The molecule has 0 radical (unpaired) electrons. The molecular weight excluding hydrogens is 424 g/mol. The second kappa shape index (κ2) is 10.2. The maximum Gasteiger partial charge on any atom is 0.154 e. The number of hydrogen-bond acceptors (Lipinski definition) is 7. The van der Waals surface area contributed by atoms with Crippen LogP contribution >= 0.6 is 0 Å². The summed E-state index contributed by atoms with van der Waals surface area (Å²) in [6.07, 6.45) is 14.6. The summed E-state index contributed by atoms with van der Waals surface area (Å²) in [4.78, 5) is 13.9. The van der Waals surface area contributed by atoms with Gasteiger partial charge in [-0.1, -0.05) is 32.1 Å². The molecule has 182 valence electrons. The van der Waals surface area contributed by atoms with Crippen LogP contribution in [-0.2, 0) is 12.0 Å². The molecule has 1 N–H and O–H groups in total. The number of hydrogen-bond donors (Lipinski definition) is 1. The Labute approximate surface area is 203 Å². The van der Waals surface area contributed by atoms with Crippen LogP contribution in [0.25, 0.3) is 0 Å². The van der Waals surface area contributed by atoms with Gasteiger partial charge >= 0.3 is 0 Å². The topological polar surface area (TPSA) is 78.3 Å². The van der Waals surface area contributed by atoms with Crippen LogP contribution in [0.4, 0.5) is 11.6 Å². The molecule has 0 bridgehead atoms. The van der Waals surface area contributed by atoms with Gasteiger partial charge in [0.2, 0.25) is 0 Å². The van der Waals surface area contributed by atoms with Crippen molar-refractivity contribution in [3.8, 4) is 0 Å². The van der Waals surface area contributed by atoms with Crippen molar-refractivity contribution in [2.45, 2.75) is 78.4 Å². The van der Waals surface area contributed by atoms with Crippen molar-refractivity contribution in [2.75, 3.05) is 29.4 Å². The van der Waals surface area contributed by atoms with Crippen molar-refractivity contribution < 1.29 is 5.11 Å². The van der Waals surface area contributed by atoms with E-state index in [1.54, 1.807) is 12.4 Å². The van der Waals surface area contributed by atoms with Gasteiger partial charge in [0.1, 0.15) is 11.4 Å². The number of anilines is 2. The predicted octanol–water partition coefficient (Wildman–Crippen LogP) is 4.43. The Morgan fingerprint density at radius 2 is 1.82 bits per heavy atom. The largest absolute Gasteiger partial charge is 0.384 e. The Balaban J connectivity index is 1.45. The van der Waals surface area contributed by atoms with Gasteiger partial charge in [-0.05, 0) is 63.2 Å². The van der Waals surface area contributed by atoms with Crippen molar-refractivity contribution in [2.24, 2.45) is 0 Å². The molecule has 0 spiro atoms. The van der Waals surface area contributed by atoms with E-state index >= 15 is 0 Å². The zero-order chi connectivity index (χ0) is 24.3. The Kier molecular flexibility index (Phi) is 7.31. The summed E-state index contributed by atoms with van der Waals surface area (Å²) in [5.74, 6) is 1.84. The highest BCUT2D eigenvalue weighted by molar-refractivity contribution is 5.53. The van der Waals surface area contributed by atoms with Crippen LogP contribution in [0.15, 0.2) is 36.2 Å². The summed E-state index contributed by atoms with van der Waals surface area (Å²) in [6, 6.07) is 0.254. The molecule has 1 atom stereocenters. The highest BCUT2D eigenvalue weighted by Gasteiger charge is 2.30. The number of rotatable bonds is 7. The SMILES string of the molecule is CCC(O)(CC)c1cnc(N2CCN(c3nnc(CC4=CCCC=C4)c(C)c3C)C[C@H]2C)cn1. The third-order valence-electron chi connectivity index (χ3n) is 7.55. The molecule has 2 aromatic rings. The summed E-state index contributed by atoms with van der Waals surface area (Å²) in [5, 5.41) is 20.0.